The maximum Gasteiger partial charge on any atom is 0.251 e. The summed E-state index contributed by atoms with van der Waals surface area (Å²) in [6, 6.07) is 12.7. The molecule has 0 aliphatic carbocycles. The number of carbonyl (C=O) groups excluding carboxylic acids is 1. The molecule has 1 heterocycles. The Bertz CT molecular complexity index is 812. The van der Waals surface area contributed by atoms with E-state index in [1.165, 1.54) is 0 Å². The summed E-state index contributed by atoms with van der Waals surface area (Å²) in [6.07, 6.45) is 0.772. The Kier molecular flexibility index (Phi) is 5.31. The second kappa shape index (κ2) is 7.51. The molecule has 0 saturated carbocycles. The normalized spacial score (nSPS) is 17.6. The van der Waals surface area contributed by atoms with Crippen molar-refractivity contribution in [2.45, 2.75) is 51.9 Å². The van der Waals surface area contributed by atoms with Crippen molar-refractivity contribution < 1.29 is 19.0 Å². The highest BCUT2D eigenvalue weighted by Crippen LogP contribution is 2.41. The van der Waals surface area contributed by atoms with Crippen LogP contribution in [0, 0.1) is 0 Å². The molecule has 5 nitrogen and oxygen atoms in total. The average Bonchev–Trinajstić information content (AvgIpc) is 2.60. The molecule has 0 aromatic heterocycles. The van der Waals surface area contributed by atoms with Crippen LogP contribution in [0.3, 0.4) is 0 Å². The number of hydrogen-bond acceptors (Lipinski definition) is 4. The fraction of sp³-hybridized carbons (Fsp3) is 0.409. The summed E-state index contributed by atoms with van der Waals surface area (Å²) in [5.74, 6) is 2.15. The molecular formula is C22H27NO4. The number of benzene rings is 2. The number of amides is 1. The van der Waals surface area contributed by atoms with Gasteiger partial charge in [0.05, 0.1) is 19.3 Å². The van der Waals surface area contributed by atoms with Crippen LogP contribution >= 0.6 is 0 Å². The highest BCUT2D eigenvalue weighted by Gasteiger charge is 2.35. The van der Waals surface area contributed by atoms with Crippen molar-refractivity contribution in [1.29, 1.82) is 0 Å². The third-order valence-corrected chi connectivity index (χ3v) is 4.47. The molecule has 0 unspecified atom stereocenters. The van der Waals surface area contributed by atoms with Gasteiger partial charge in [-0.3, -0.25) is 4.79 Å². The number of ether oxygens (including phenoxy) is 3. The van der Waals surface area contributed by atoms with Gasteiger partial charge in [0.2, 0.25) is 0 Å². The van der Waals surface area contributed by atoms with Gasteiger partial charge in [-0.2, -0.15) is 0 Å². The molecule has 0 fully saturated rings. The highest BCUT2D eigenvalue weighted by molar-refractivity contribution is 5.94. The first kappa shape index (κ1) is 19.1. The van der Waals surface area contributed by atoms with Gasteiger partial charge in [-0.25, -0.2) is 0 Å². The van der Waals surface area contributed by atoms with E-state index in [2.05, 4.69) is 5.32 Å². The van der Waals surface area contributed by atoms with Crippen LogP contribution in [-0.2, 0) is 0 Å². The number of carbonyl (C=O) groups is 1. The van der Waals surface area contributed by atoms with Gasteiger partial charge >= 0.3 is 0 Å². The van der Waals surface area contributed by atoms with Gasteiger partial charge in [0.25, 0.3) is 5.91 Å². The second-order valence-electron chi connectivity index (χ2n) is 7.69. The summed E-state index contributed by atoms with van der Waals surface area (Å²) in [5.41, 5.74) is 1.16. The van der Waals surface area contributed by atoms with Gasteiger partial charge in [0, 0.05) is 17.5 Å². The molecule has 0 radical (unpaired) electrons. The lowest BCUT2D eigenvalue weighted by Crippen LogP contribution is -2.41. The highest BCUT2D eigenvalue weighted by atomic mass is 16.5. The van der Waals surface area contributed by atoms with Crippen molar-refractivity contribution in [3.63, 3.8) is 0 Å². The van der Waals surface area contributed by atoms with Crippen LogP contribution in [0.5, 0.6) is 17.2 Å². The number of hydrogen-bond donors (Lipinski definition) is 1. The summed E-state index contributed by atoms with van der Waals surface area (Å²) in [6.45, 7) is 7.99. The topological polar surface area (TPSA) is 56.8 Å². The van der Waals surface area contributed by atoms with Crippen LogP contribution in [0.4, 0.5) is 0 Å². The first-order chi connectivity index (χ1) is 12.8. The lowest BCUT2D eigenvalue weighted by Gasteiger charge is -2.38. The quantitative estimate of drug-likeness (QED) is 0.842. The Morgan fingerprint density at radius 1 is 1.15 bits per heavy atom. The molecule has 3 rings (SSSR count). The van der Waals surface area contributed by atoms with Crippen molar-refractivity contribution in [3.05, 3.63) is 53.6 Å². The largest absolute Gasteiger partial charge is 0.497 e. The van der Waals surface area contributed by atoms with Crippen molar-refractivity contribution in [3.8, 4) is 17.2 Å². The summed E-state index contributed by atoms with van der Waals surface area (Å²) in [5, 5.41) is 3.14. The van der Waals surface area contributed by atoms with Crippen molar-refractivity contribution in [2.24, 2.45) is 0 Å². The fourth-order valence-corrected chi connectivity index (χ4v) is 3.29. The van der Waals surface area contributed by atoms with E-state index >= 15 is 0 Å². The molecule has 0 bridgehead atoms. The molecule has 2 aromatic rings. The molecule has 0 saturated heterocycles. The Morgan fingerprint density at radius 3 is 2.44 bits per heavy atom. The predicted octanol–water partition coefficient (Wildman–Crippen LogP) is 4.51. The Morgan fingerprint density at radius 2 is 1.81 bits per heavy atom. The van der Waals surface area contributed by atoms with E-state index in [1.807, 2.05) is 58.0 Å². The van der Waals surface area contributed by atoms with Crippen LogP contribution in [0.15, 0.2) is 42.5 Å². The predicted molar refractivity (Wildman–Crippen MR) is 105 cm³/mol. The van der Waals surface area contributed by atoms with Crippen molar-refractivity contribution in [2.75, 3.05) is 7.11 Å². The lowest BCUT2D eigenvalue weighted by molar-refractivity contribution is 0.0618. The van der Waals surface area contributed by atoms with Crippen LogP contribution in [0.1, 0.15) is 56.1 Å². The first-order valence-corrected chi connectivity index (χ1v) is 9.22. The van der Waals surface area contributed by atoms with E-state index in [-0.39, 0.29) is 23.7 Å². The van der Waals surface area contributed by atoms with Gasteiger partial charge in [0.15, 0.2) is 0 Å². The van der Waals surface area contributed by atoms with E-state index in [4.69, 9.17) is 14.2 Å². The minimum Gasteiger partial charge on any atom is -0.497 e. The number of rotatable bonds is 5. The van der Waals surface area contributed by atoms with Crippen LogP contribution in [0.2, 0.25) is 0 Å². The Balaban J connectivity index is 1.81. The van der Waals surface area contributed by atoms with E-state index in [9.17, 15) is 4.79 Å². The second-order valence-corrected chi connectivity index (χ2v) is 7.69. The number of nitrogens with one attached hydrogen (secondary N) is 1. The Labute approximate surface area is 160 Å². The molecule has 0 spiro atoms. The SMILES string of the molecule is COc1ccc2c(c1)[C@@H](NC(=O)c1ccc(OC(C)C)cc1)CC(C)(C)O2. The first-order valence-electron chi connectivity index (χ1n) is 9.22. The lowest BCUT2D eigenvalue weighted by atomic mass is 9.89. The molecule has 1 aliphatic rings. The minimum atomic E-state index is -0.367. The Hall–Kier alpha value is -2.69. The summed E-state index contributed by atoms with van der Waals surface area (Å²) >= 11 is 0. The zero-order valence-electron chi connectivity index (χ0n) is 16.5. The average molecular weight is 369 g/mol. The molecule has 1 amide bonds. The summed E-state index contributed by atoms with van der Waals surface area (Å²) in [4.78, 5) is 12.8. The molecule has 1 atom stereocenters. The van der Waals surface area contributed by atoms with E-state index in [1.54, 1.807) is 19.2 Å². The van der Waals surface area contributed by atoms with E-state index in [0.29, 0.717) is 12.0 Å². The van der Waals surface area contributed by atoms with E-state index in [0.717, 1.165) is 22.8 Å². The van der Waals surface area contributed by atoms with Crippen LogP contribution in [-0.4, -0.2) is 24.7 Å². The van der Waals surface area contributed by atoms with Gasteiger partial charge < -0.3 is 19.5 Å². The zero-order chi connectivity index (χ0) is 19.6. The summed E-state index contributed by atoms with van der Waals surface area (Å²) < 4.78 is 17.0. The van der Waals surface area contributed by atoms with Gasteiger partial charge in [-0.05, 0) is 70.2 Å². The molecule has 2 aromatic carbocycles. The van der Waals surface area contributed by atoms with Gasteiger partial charge in [-0.15, -0.1) is 0 Å². The molecule has 144 valence electrons. The molecule has 1 aliphatic heterocycles. The fourth-order valence-electron chi connectivity index (χ4n) is 3.29. The molecule has 27 heavy (non-hydrogen) atoms. The van der Waals surface area contributed by atoms with Crippen LogP contribution < -0.4 is 19.5 Å². The third-order valence-electron chi connectivity index (χ3n) is 4.47. The van der Waals surface area contributed by atoms with Gasteiger partial charge in [0.1, 0.15) is 22.8 Å². The molecule has 1 N–H and O–H groups in total. The third kappa shape index (κ3) is 4.54. The van der Waals surface area contributed by atoms with Gasteiger partial charge in [-0.1, -0.05) is 0 Å². The number of methoxy groups -OCH3 is 1. The van der Waals surface area contributed by atoms with Crippen molar-refractivity contribution in [1.82, 2.24) is 5.32 Å². The monoisotopic (exact) mass is 369 g/mol. The molecule has 5 heteroatoms. The number of fused-ring (bicyclic) bond motifs is 1. The minimum absolute atomic E-state index is 0.0978. The van der Waals surface area contributed by atoms with E-state index < -0.39 is 0 Å². The maximum atomic E-state index is 12.8. The standard InChI is InChI=1S/C22H27NO4/c1-14(2)26-16-8-6-15(7-9-16)21(24)23-19-13-22(3,4)27-20-11-10-17(25-5)12-18(19)20/h6-12,14,19H,13H2,1-5H3,(H,23,24)/t19-/m0/s1. The molecular weight excluding hydrogens is 342 g/mol. The van der Waals surface area contributed by atoms with Crippen molar-refractivity contribution >= 4 is 5.91 Å². The zero-order valence-corrected chi connectivity index (χ0v) is 16.5. The smallest absolute Gasteiger partial charge is 0.251 e. The maximum absolute atomic E-state index is 12.8. The van der Waals surface area contributed by atoms with Crippen LogP contribution in [0.25, 0.3) is 0 Å². The summed E-state index contributed by atoms with van der Waals surface area (Å²) in [7, 11) is 1.63.